The summed E-state index contributed by atoms with van der Waals surface area (Å²) >= 11 is 0. The average molecular weight is 314 g/mol. The number of aromatic nitrogens is 1. The molecule has 0 spiro atoms. The average Bonchev–Trinajstić information content (AvgIpc) is 2.33. The highest BCUT2D eigenvalue weighted by Gasteiger charge is 2.35. The van der Waals surface area contributed by atoms with Gasteiger partial charge in [0.15, 0.2) is 0 Å². The van der Waals surface area contributed by atoms with E-state index in [-0.39, 0.29) is 4.57 Å². The van der Waals surface area contributed by atoms with Crippen molar-refractivity contribution in [2.45, 2.75) is 19.1 Å². The Hall–Kier alpha value is -1.97. The van der Waals surface area contributed by atoms with Crippen LogP contribution in [0, 0.1) is 0 Å². The maximum absolute atomic E-state index is 12.8. The molecule has 5 nitrogen and oxygen atoms in total. The van der Waals surface area contributed by atoms with Crippen LogP contribution in [-0.2, 0) is 17.5 Å². The predicted octanol–water partition coefficient (Wildman–Crippen LogP) is 1.25. The predicted molar refractivity (Wildman–Crippen MR) is 61.0 cm³/mol. The second kappa shape index (κ2) is 6.66. The van der Waals surface area contributed by atoms with E-state index in [2.05, 4.69) is 4.74 Å². The van der Waals surface area contributed by atoms with Crippen LogP contribution in [0.3, 0.4) is 0 Å². The molecule has 1 heterocycles. The first-order chi connectivity index (χ1) is 9.64. The van der Waals surface area contributed by atoms with Gasteiger partial charge in [0.05, 0.1) is 6.61 Å². The summed E-state index contributed by atoms with van der Waals surface area (Å²) in [4.78, 5) is 22.7. The Kier molecular flexibility index (Phi) is 5.41. The van der Waals surface area contributed by atoms with Crippen LogP contribution in [0.2, 0.25) is 0 Å². The summed E-state index contributed by atoms with van der Waals surface area (Å²) in [5, 5.41) is 0. The zero-order valence-electron chi connectivity index (χ0n) is 10.5. The molecule has 0 saturated carbocycles. The lowest BCUT2D eigenvalue weighted by Gasteiger charge is -2.16. The molecule has 21 heavy (non-hydrogen) atoms. The third-order valence-corrected chi connectivity index (χ3v) is 2.43. The van der Waals surface area contributed by atoms with Gasteiger partial charge in [-0.05, 0) is 12.1 Å². The minimum absolute atomic E-state index is 0.228. The fraction of sp³-hybridized carbons (Fsp3) is 0.455. The summed E-state index contributed by atoms with van der Waals surface area (Å²) in [7, 11) is 0. The molecule has 1 rings (SSSR count). The number of rotatable bonds is 6. The maximum atomic E-state index is 12.8. The van der Waals surface area contributed by atoms with Crippen LogP contribution >= 0.6 is 0 Å². The number of ether oxygens (including phenoxy) is 1. The smallest absolute Gasteiger partial charge is 0.374 e. The molecule has 10 heteroatoms. The monoisotopic (exact) mass is 314 g/mol. The van der Waals surface area contributed by atoms with Gasteiger partial charge in [0, 0.05) is 6.54 Å². The van der Waals surface area contributed by atoms with Crippen LogP contribution in [0.1, 0.15) is 16.1 Å². The van der Waals surface area contributed by atoms with Crippen molar-refractivity contribution in [3.05, 3.63) is 33.7 Å². The Balaban J connectivity index is 3.09. The van der Waals surface area contributed by atoms with Crippen LogP contribution < -0.4 is 11.3 Å². The molecule has 2 N–H and O–H groups in total. The van der Waals surface area contributed by atoms with Crippen LogP contribution in [0.25, 0.3) is 0 Å². The number of halogens is 5. The molecule has 0 aliphatic carbocycles. The lowest BCUT2D eigenvalue weighted by atomic mass is 10.2. The van der Waals surface area contributed by atoms with Gasteiger partial charge in [-0.3, -0.25) is 9.59 Å². The number of nitrogens with two attached hydrogens (primary N) is 1. The van der Waals surface area contributed by atoms with Crippen molar-refractivity contribution in [3.63, 3.8) is 0 Å². The SMILES string of the molecule is NC(=O)c1ccc(C(F)(F)F)n(CCOCC(F)F)c1=O. The highest BCUT2D eigenvalue weighted by Crippen LogP contribution is 2.28. The Labute approximate surface area is 115 Å². The highest BCUT2D eigenvalue weighted by molar-refractivity contribution is 5.92. The molecule has 0 bridgehead atoms. The molecular formula is C11H11F5N2O3. The second-order valence-electron chi connectivity index (χ2n) is 3.92. The van der Waals surface area contributed by atoms with Gasteiger partial charge >= 0.3 is 6.18 Å². The van der Waals surface area contributed by atoms with Crippen LogP contribution in [-0.4, -0.2) is 30.1 Å². The number of amides is 1. The fourth-order valence-corrected chi connectivity index (χ4v) is 1.56. The number of carbonyl (C=O) groups is 1. The zero-order chi connectivity index (χ0) is 16.2. The van der Waals surface area contributed by atoms with Crippen LogP contribution in [0.15, 0.2) is 16.9 Å². The van der Waals surface area contributed by atoms with Crippen molar-refractivity contribution in [1.82, 2.24) is 4.57 Å². The quantitative estimate of drug-likeness (QED) is 0.634. The molecule has 0 aromatic carbocycles. The molecule has 0 radical (unpaired) electrons. The Morgan fingerprint density at radius 3 is 2.43 bits per heavy atom. The molecule has 0 atom stereocenters. The zero-order valence-corrected chi connectivity index (χ0v) is 10.5. The Morgan fingerprint density at radius 1 is 1.33 bits per heavy atom. The molecule has 118 valence electrons. The van der Waals surface area contributed by atoms with E-state index in [4.69, 9.17) is 5.73 Å². The molecule has 0 aliphatic heterocycles. The van der Waals surface area contributed by atoms with Crippen molar-refractivity contribution in [3.8, 4) is 0 Å². The summed E-state index contributed by atoms with van der Waals surface area (Å²) in [6, 6.07) is 1.19. The standard InChI is InChI=1S/C11H11F5N2O3/c12-8(13)5-21-4-3-18-7(11(14,15)16)2-1-6(9(17)19)10(18)20/h1-2,8H,3-5H2,(H2,17,19). The van der Waals surface area contributed by atoms with Gasteiger partial charge < -0.3 is 15.0 Å². The number of primary amides is 1. The van der Waals surface area contributed by atoms with Gasteiger partial charge in [-0.1, -0.05) is 0 Å². The number of nitrogens with zero attached hydrogens (tertiary/aromatic N) is 1. The lowest BCUT2D eigenvalue weighted by molar-refractivity contribution is -0.144. The van der Waals surface area contributed by atoms with E-state index in [1.165, 1.54) is 0 Å². The molecule has 0 aliphatic rings. The van der Waals surface area contributed by atoms with Gasteiger partial charge in [0.2, 0.25) is 0 Å². The van der Waals surface area contributed by atoms with E-state index in [0.717, 1.165) is 0 Å². The molecule has 1 amide bonds. The van der Waals surface area contributed by atoms with Gasteiger partial charge in [0.1, 0.15) is 17.9 Å². The number of hydrogen-bond acceptors (Lipinski definition) is 3. The van der Waals surface area contributed by atoms with Crippen molar-refractivity contribution >= 4 is 5.91 Å². The van der Waals surface area contributed by atoms with Crippen molar-refractivity contribution < 1.29 is 31.5 Å². The summed E-state index contributed by atoms with van der Waals surface area (Å²) < 4.78 is 66.6. The van der Waals surface area contributed by atoms with Crippen molar-refractivity contribution in [2.75, 3.05) is 13.2 Å². The molecule has 0 fully saturated rings. The molecule has 1 aromatic heterocycles. The summed E-state index contributed by atoms with van der Waals surface area (Å²) in [6.45, 7) is -2.15. The number of carbonyl (C=O) groups excluding carboxylic acids is 1. The third kappa shape index (κ3) is 4.52. The van der Waals surface area contributed by atoms with E-state index in [9.17, 15) is 31.5 Å². The van der Waals surface area contributed by atoms with Crippen LogP contribution in [0.5, 0.6) is 0 Å². The second-order valence-corrected chi connectivity index (χ2v) is 3.92. The molecule has 0 unspecified atom stereocenters. The number of alkyl halides is 5. The van der Waals surface area contributed by atoms with Gasteiger partial charge in [-0.15, -0.1) is 0 Å². The highest BCUT2D eigenvalue weighted by atomic mass is 19.4. The topological polar surface area (TPSA) is 74.3 Å². The van der Waals surface area contributed by atoms with Gasteiger partial charge in [-0.25, -0.2) is 8.78 Å². The van der Waals surface area contributed by atoms with Crippen LogP contribution in [0.4, 0.5) is 22.0 Å². The summed E-state index contributed by atoms with van der Waals surface area (Å²) in [6.07, 6.45) is -7.63. The van der Waals surface area contributed by atoms with Gasteiger partial charge in [-0.2, -0.15) is 13.2 Å². The summed E-state index contributed by atoms with van der Waals surface area (Å²) in [5.41, 5.74) is 1.67. The van der Waals surface area contributed by atoms with E-state index in [1.807, 2.05) is 0 Å². The summed E-state index contributed by atoms with van der Waals surface area (Å²) in [5.74, 6) is -1.18. The Bertz CT molecular complexity index is 568. The van der Waals surface area contributed by atoms with Gasteiger partial charge in [0.25, 0.3) is 17.9 Å². The lowest BCUT2D eigenvalue weighted by Crippen LogP contribution is -2.34. The number of hydrogen-bond donors (Lipinski definition) is 1. The van der Waals surface area contributed by atoms with E-state index in [1.54, 1.807) is 0 Å². The van der Waals surface area contributed by atoms with E-state index < -0.39 is 55.1 Å². The largest absolute Gasteiger partial charge is 0.431 e. The third-order valence-electron chi connectivity index (χ3n) is 2.43. The van der Waals surface area contributed by atoms with Crippen molar-refractivity contribution in [1.29, 1.82) is 0 Å². The minimum atomic E-state index is -4.85. The maximum Gasteiger partial charge on any atom is 0.431 e. The fourth-order valence-electron chi connectivity index (χ4n) is 1.56. The first-order valence-electron chi connectivity index (χ1n) is 5.61. The normalized spacial score (nSPS) is 11.9. The minimum Gasteiger partial charge on any atom is -0.374 e. The van der Waals surface area contributed by atoms with E-state index >= 15 is 0 Å². The molecule has 0 saturated heterocycles. The number of pyridine rings is 1. The van der Waals surface area contributed by atoms with E-state index in [0.29, 0.717) is 12.1 Å². The van der Waals surface area contributed by atoms with Crippen molar-refractivity contribution in [2.24, 2.45) is 5.73 Å². The molecule has 1 aromatic rings. The molecular weight excluding hydrogens is 303 g/mol. The first-order valence-corrected chi connectivity index (χ1v) is 5.61. The first kappa shape index (κ1) is 17.1. The Morgan fingerprint density at radius 2 is 1.95 bits per heavy atom.